The van der Waals surface area contributed by atoms with E-state index in [0.29, 0.717) is 19.0 Å². The standard InChI is InChI=1S/C14H14ClN3O3/c1-7-9-4-18(13(19)10-6-21-8(2)16-10)5-11(9)17(3)14(20)12(7)15/h6H,4-5H2,1-3H3. The van der Waals surface area contributed by atoms with Gasteiger partial charge in [0, 0.05) is 26.2 Å². The molecule has 0 fully saturated rings. The van der Waals surface area contributed by atoms with Gasteiger partial charge in [0.1, 0.15) is 11.3 Å². The summed E-state index contributed by atoms with van der Waals surface area (Å²) in [4.78, 5) is 30.1. The minimum absolute atomic E-state index is 0.211. The Morgan fingerprint density at radius 3 is 2.71 bits per heavy atom. The Hall–Kier alpha value is -2.08. The van der Waals surface area contributed by atoms with E-state index in [1.165, 1.54) is 10.8 Å². The summed E-state index contributed by atoms with van der Waals surface area (Å²) in [5, 5.41) is 0.211. The molecule has 21 heavy (non-hydrogen) atoms. The molecule has 0 saturated heterocycles. The van der Waals surface area contributed by atoms with Crippen LogP contribution in [0.1, 0.15) is 33.2 Å². The van der Waals surface area contributed by atoms with Gasteiger partial charge in [-0.15, -0.1) is 0 Å². The predicted molar refractivity (Wildman–Crippen MR) is 76.2 cm³/mol. The molecule has 3 rings (SSSR count). The van der Waals surface area contributed by atoms with Gasteiger partial charge in [0.25, 0.3) is 11.5 Å². The molecule has 0 bridgehead atoms. The molecule has 0 unspecified atom stereocenters. The van der Waals surface area contributed by atoms with Crippen LogP contribution in [-0.4, -0.2) is 20.4 Å². The predicted octanol–water partition coefficient (Wildman–Crippen LogP) is 1.80. The van der Waals surface area contributed by atoms with Crippen molar-refractivity contribution in [2.45, 2.75) is 26.9 Å². The molecule has 7 heteroatoms. The summed E-state index contributed by atoms with van der Waals surface area (Å²) in [6.45, 7) is 4.27. The minimum Gasteiger partial charge on any atom is -0.448 e. The number of oxazole rings is 1. The third-order valence-electron chi connectivity index (χ3n) is 3.84. The second-order valence-electron chi connectivity index (χ2n) is 5.14. The van der Waals surface area contributed by atoms with Crippen LogP contribution in [0.2, 0.25) is 5.02 Å². The molecule has 0 atom stereocenters. The molecule has 1 amide bonds. The van der Waals surface area contributed by atoms with Gasteiger partial charge in [-0.3, -0.25) is 9.59 Å². The van der Waals surface area contributed by atoms with E-state index < -0.39 is 0 Å². The Balaban J connectivity index is 1.99. The summed E-state index contributed by atoms with van der Waals surface area (Å²) in [6, 6.07) is 0. The van der Waals surface area contributed by atoms with Crippen molar-refractivity contribution in [3.05, 3.63) is 50.0 Å². The van der Waals surface area contributed by atoms with Crippen molar-refractivity contribution < 1.29 is 9.21 Å². The van der Waals surface area contributed by atoms with Crippen molar-refractivity contribution in [3.63, 3.8) is 0 Å². The Morgan fingerprint density at radius 2 is 2.10 bits per heavy atom. The number of aryl methyl sites for hydroxylation is 1. The molecule has 2 aromatic rings. The number of aromatic nitrogens is 2. The lowest BCUT2D eigenvalue weighted by atomic mass is 10.1. The smallest absolute Gasteiger partial charge is 0.276 e. The zero-order valence-electron chi connectivity index (χ0n) is 11.9. The van der Waals surface area contributed by atoms with Crippen LogP contribution in [0.4, 0.5) is 0 Å². The molecule has 0 aliphatic carbocycles. The summed E-state index contributed by atoms with van der Waals surface area (Å²) < 4.78 is 6.58. The summed E-state index contributed by atoms with van der Waals surface area (Å²) >= 11 is 6.05. The highest BCUT2D eigenvalue weighted by Crippen LogP contribution is 2.28. The second-order valence-corrected chi connectivity index (χ2v) is 5.52. The van der Waals surface area contributed by atoms with Gasteiger partial charge in [-0.1, -0.05) is 11.6 Å². The number of carbonyl (C=O) groups excluding carboxylic acids is 1. The number of fused-ring (bicyclic) bond motifs is 1. The van der Waals surface area contributed by atoms with Gasteiger partial charge in [-0.25, -0.2) is 4.98 Å². The van der Waals surface area contributed by atoms with Crippen LogP contribution in [-0.2, 0) is 20.1 Å². The maximum atomic E-state index is 12.4. The SMILES string of the molecule is Cc1nc(C(=O)N2Cc3c(C)c(Cl)c(=O)n(C)c3C2)co1. The van der Waals surface area contributed by atoms with E-state index in [1.807, 2.05) is 0 Å². The Kier molecular flexibility index (Phi) is 3.13. The molecular weight excluding hydrogens is 294 g/mol. The van der Waals surface area contributed by atoms with E-state index in [0.717, 1.165) is 16.8 Å². The highest BCUT2D eigenvalue weighted by Gasteiger charge is 2.30. The zero-order valence-corrected chi connectivity index (χ0v) is 12.7. The Bertz CT molecular complexity index is 807. The first-order valence-corrected chi connectivity index (χ1v) is 6.86. The fourth-order valence-electron chi connectivity index (χ4n) is 2.59. The molecule has 1 aliphatic heterocycles. The summed E-state index contributed by atoms with van der Waals surface area (Å²) in [5.41, 5.74) is 2.51. The Morgan fingerprint density at radius 1 is 1.38 bits per heavy atom. The average molecular weight is 308 g/mol. The van der Waals surface area contributed by atoms with Gasteiger partial charge in [-0.2, -0.15) is 0 Å². The lowest BCUT2D eigenvalue weighted by Gasteiger charge is -2.13. The molecule has 1 aliphatic rings. The first-order chi connectivity index (χ1) is 9.90. The van der Waals surface area contributed by atoms with Crippen LogP contribution >= 0.6 is 11.6 Å². The molecule has 6 nitrogen and oxygen atoms in total. The highest BCUT2D eigenvalue weighted by atomic mass is 35.5. The number of pyridine rings is 1. The minimum atomic E-state index is -0.237. The molecule has 0 radical (unpaired) electrons. The van der Waals surface area contributed by atoms with E-state index in [-0.39, 0.29) is 22.2 Å². The molecule has 0 aromatic carbocycles. The van der Waals surface area contributed by atoms with Crippen molar-refractivity contribution in [2.75, 3.05) is 0 Å². The van der Waals surface area contributed by atoms with Gasteiger partial charge >= 0.3 is 0 Å². The third-order valence-corrected chi connectivity index (χ3v) is 4.29. The molecule has 0 saturated carbocycles. The molecule has 3 heterocycles. The quantitative estimate of drug-likeness (QED) is 0.805. The van der Waals surface area contributed by atoms with E-state index in [1.54, 1.807) is 25.8 Å². The van der Waals surface area contributed by atoms with Gasteiger partial charge in [-0.05, 0) is 18.1 Å². The van der Waals surface area contributed by atoms with Crippen LogP contribution in [0.25, 0.3) is 0 Å². The van der Waals surface area contributed by atoms with Crippen LogP contribution < -0.4 is 5.56 Å². The maximum Gasteiger partial charge on any atom is 0.276 e. The van der Waals surface area contributed by atoms with Crippen molar-refractivity contribution in [1.29, 1.82) is 0 Å². The monoisotopic (exact) mass is 307 g/mol. The Labute approximate surface area is 126 Å². The average Bonchev–Trinajstić information content (AvgIpc) is 3.08. The van der Waals surface area contributed by atoms with E-state index in [9.17, 15) is 9.59 Å². The third kappa shape index (κ3) is 2.06. The van der Waals surface area contributed by atoms with Crippen molar-refractivity contribution >= 4 is 17.5 Å². The summed E-state index contributed by atoms with van der Waals surface area (Å²) in [5.74, 6) is 0.229. The van der Waals surface area contributed by atoms with Crippen LogP contribution in [0.5, 0.6) is 0 Å². The van der Waals surface area contributed by atoms with Gasteiger partial charge < -0.3 is 13.9 Å². The largest absolute Gasteiger partial charge is 0.448 e. The normalized spacial score (nSPS) is 13.6. The molecule has 0 N–H and O–H groups in total. The van der Waals surface area contributed by atoms with Gasteiger partial charge in [0.15, 0.2) is 11.6 Å². The lowest BCUT2D eigenvalue weighted by molar-refractivity contribution is 0.0743. The second kappa shape index (κ2) is 4.73. The first kappa shape index (κ1) is 13.9. The van der Waals surface area contributed by atoms with E-state index in [4.69, 9.17) is 16.0 Å². The fourth-order valence-corrected chi connectivity index (χ4v) is 2.83. The number of hydrogen-bond donors (Lipinski definition) is 0. The number of nitrogens with zero attached hydrogens (tertiary/aromatic N) is 3. The van der Waals surface area contributed by atoms with Crippen molar-refractivity contribution in [3.8, 4) is 0 Å². The first-order valence-electron chi connectivity index (χ1n) is 6.48. The van der Waals surface area contributed by atoms with Gasteiger partial charge in [0.05, 0.1) is 6.54 Å². The van der Waals surface area contributed by atoms with Crippen LogP contribution in [0.15, 0.2) is 15.5 Å². The highest BCUT2D eigenvalue weighted by molar-refractivity contribution is 6.31. The van der Waals surface area contributed by atoms with Gasteiger partial charge in [0.2, 0.25) is 0 Å². The molecule has 110 valence electrons. The number of halogens is 1. The molecule has 0 spiro atoms. The van der Waals surface area contributed by atoms with Crippen molar-refractivity contribution in [1.82, 2.24) is 14.5 Å². The molecule has 2 aromatic heterocycles. The molecular formula is C14H14ClN3O3. The summed E-state index contributed by atoms with van der Waals surface area (Å²) in [6.07, 6.45) is 1.35. The summed E-state index contributed by atoms with van der Waals surface area (Å²) in [7, 11) is 1.67. The maximum absolute atomic E-state index is 12.4. The zero-order chi connectivity index (χ0) is 15.3. The van der Waals surface area contributed by atoms with E-state index in [2.05, 4.69) is 4.98 Å². The lowest BCUT2D eigenvalue weighted by Crippen LogP contribution is -2.26. The number of rotatable bonds is 1. The van der Waals surface area contributed by atoms with Crippen LogP contribution in [0.3, 0.4) is 0 Å². The number of amides is 1. The van der Waals surface area contributed by atoms with Crippen LogP contribution in [0, 0.1) is 13.8 Å². The number of hydrogen-bond acceptors (Lipinski definition) is 4. The van der Waals surface area contributed by atoms with Crippen molar-refractivity contribution in [2.24, 2.45) is 7.05 Å². The topological polar surface area (TPSA) is 68.3 Å². The number of carbonyl (C=O) groups is 1. The van der Waals surface area contributed by atoms with E-state index >= 15 is 0 Å². The fraction of sp³-hybridized carbons (Fsp3) is 0.357.